The Morgan fingerprint density at radius 3 is 1.16 bits per heavy atom. The molecular formula is C70H46N2O3. The van der Waals surface area contributed by atoms with Crippen LogP contribution < -0.4 is 9.80 Å². The second-order valence-corrected chi connectivity index (χ2v) is 19.8. The molecule has 0 aliphatic heterocycles. The zero-order valence-corrected chi connectivity index (χ0v) is 41.2. The molecule has 15 aromatic rings. The first-order valence-electron chi connectivity index (χ1n) is 25.5. The normalized spacial score (nSPS) is 11.9. The van der Waals surface area contributed by atoms with Gasteiger partial charge in [0, 0.05) is 54.8 Å². The van der Waals surface area contributed by atoms with Crippen LogP contribution in [0, 0.1) is 13.8 Å². The van der Waals surface area contributed by atoms with Crippen molar-refractivity contribution in [2.24, 2.45) is 0 Å². The average Bonchev–Trinajstić information content (AvgIpc) is 4.17. The van der Waals surface area contributed by atoms with Crippen LogP contribution in [0.2, 0.25) is 0 Å². The number of aryl methyl sites for hydroxylation is 2. The van der Waals surface area contributed by atoms with Crippen molar-refractivity contribution in [3.8, 4) is 22.3 Å². The Hall–Kier alpha value is -9.84. The zero-order chi connectivity index (χ0) is 49.7. The van der Waals surface area contributed by atoms with Gasteiger partial charge in [0.25, 0.3) is 0 Å². The highest BCUT2D eigenvalue weighted by Crippen LogP contribution is 2.49. The number of furan rings is 3. The number of nitrogens with zero attached hydrogens (tertiary/aromatic N) is 2. The Balaban J connectivity index is 0.918. The predicted octanol–water partition coefficient (Wildman–Crippen LogP) is 20.6. The summed E-state index contributed by atoms with van der Waals surface area (Å²) in [6.07, 6.45) is 0. The molecule has 0 amide bonds. The van der Waals surface area contributed by atoms with Crippen molar-refractivity contribution >= 4 is 121 Å². The van der Waals surface area contributed by atoms with Gasteiger partial charge in [-0.3, -0.25) is 0 Å². The summed E-state index contributed by atoms with van der Waals surface area (Å²) < 4.78 is 20.3. The van der Waals surface area contributed by atoms with E-state index in [9.17, 15) is 0 Å². The number of rotatable bonds is 8. The molecule has 0 radical (unpaired) electrons. The summed E-state index contributed by atoms with van der Waals surface area (Å²) >= 11 is 0. The van der Waals surface area contributed by atoms with Crippen molar-refractivity contribution in [2.45, 2.75) is 13.8 Å². The van der Waals surface area contributed by atoms with Crippen molar-refractivity contribution in [1.29, 1.82) is 0 Å². The Morgan fingerprint density at radius 2 is 0.693 bits per heavy atom. The fourth-order valence-corrected chi connectivity index (χ4v) is 11.5. The fourth-order valence-electron chi connectivity index (χ4n) is 11.5. The summed E-state index contributed by atoms with van der Waals surface area (Å²) in [6.45, 7) is 4.32. The van der Waals surface area contributed by atoms with Crippen molar-refractivity contribution in [3.05, 3.63) is 254 Å². The fraction of sp³-hybridized carbons (Fsp3) is 0.0286. The highest BCUT2D eigenvalue weighted by Gasteiger charge is 2.25. The highest BCUT2D eigenvalue weighted by molar-refractivity contribution is 6.16. The summed E-state index contributed by atoms with van der Waals surface area (Å²) in [6, 6.07) is 86.8. The van der Waals surface area contributed by atoms with Crippen LogP contribution in [0.25, 0.3) is 110 Å². The molecule has 0 saturated carbocycles. The third kappa shape index (κ3) is 7.00. The van der Waals surface area contributed by atoms with Crippen LogP contribution in [0.3, 0.4) is 0 Å². The molecule has 12 aromatic carbocycles. The van der Waals surface area contributed by atoms with E-state index in [1.807, 2.05) is 12.1 Å². The molecule has 0 unspecified atom stereocenters. The molecule has 0 atom stereocenters. The molecule has 0 aliphatic rings. The van der Waals surface area contributed by atoms with Gasteiger partial charge in [-0.25, -0.2) is 0 Å². The maximum absolute atomic E-state index is 6.77. The van der Waals surface area contributed by atoms with Crippen LogP contribution in [0.15, 0.2) is 256 Å². The molecule has 354 valence electrons. The van der Waals surface area contributed by atoms with Crippen molar-refractivity contribution in [2.75, 3.05) is 9.80 Å². The number of para-hydroxylation sites is 4. The van der Waals surface area contributed by atoms with Gasteiger partial charge in [-0.15, -0.1) is 0 Å². The number of benzene rings is 12. The molecule has 3 aromatic heterocycles. The van der Waals surface area contributed by atoms with Crippen molar-refractivity contribution in [1.82, 2.24) is 0 Å². The third-order valence-corrected chi connectivity index (χ3v) is 15.1. The van der Waals surface area contributed by atoms with E-state index >= 15 is 0 Å². The zero-order valence-electron chi connectivity index (χ0n) is 41.2. The first kappa shape index (κ1) is 42.8. The molecule has 3 heterocycles. The van der Waals surface area contributed by atoms with E-state index < -0.39 is 0 Å². The quantitative estimate of drug-likeness (QED) is 0.152. The minimum Gasteiger partial charge on any atom is -0.456 e. The second-order valence-electron chi connectivity index (χ2n) is 19.8. The standard InChI is InChI=1S/C70H46N2O3/c1-43-27-33-61(57(35-43)45-15-5-3-6-16-45)71(63-23-13-21-55-53-19-9-11-25-65(53)74-69(55)63)51-31-29-47-41-67-59(39-49(47)37-51)60-40-50-38-52(32-30-48(50)42-68(60)73-67)72(62-34-28-44(2)36-58(62)46-17-7-4-8-18-46)64-24-14-22-56-54-20-10-12-26-66(54)75-70(56)64/h3-42H,1-2H3. The Kier molecular flexibility index (Phi) is 9.63. The molecular weight excluding hydrogens is 917 g/mol. The van der Waals surface area contributed by atoms with E-state index in [1.165, 1.54) is 11.1 Å². The van der Waals surface area contributed by atoms with Gasteiger partial charge < -0.3 is 23.1 Å². The first-order chi connectivity index (χ1) is 37.0. The van der Waals surface area contributed by atoms with Crippen LogP contribution in [0.1, 0.15) is 11.1 Å². The van der Waals surface area contributed by atoms with E-state index in [0.717, 1.165) is 144 Å². The summed E-state index contributed by atoms with van der Waals surface area (Å²) in [7, 11) is 0. The lowest BCUT2D eigenvalue weighted by Crippen LogP contribution is -2.11. The van der Waals surface area contributed by atoms with Gasteiger partial charge in [-0.2, -0.15) is 0 Å². The predicted molar refractivity (Wildman–Crippen MR) is 313 cm³/mol. The molecule has 5 heteroatoms. The lowest BCUT2D eigenvalue weighted by molar-refractivity contribution is 0.668. The molecule has 5 nitrogen and oxygen atoms in total. The monoisotopic (exact) mass is 962 g/mol. The van der Waals surface area contributed by atoms with E-state index in [4.69, 9.17) is 13.3 Å². The SMILES string of the molecule is Cc1ccc(N(c2ccc3cc4oc5cc6ccc(N(c7ccc(C)cc7-c7ccccc7)c7cccc8c7oc7ccccc78)cc6cc5c4cc3c2)c2cccc3c2oc2ccccc23)c(-c2ccccc2)c1. The van der Waals surface area contributed by atoms with Crippen LogP contribution in [0.4, 0.5) is 34.1 Å². The van der Waals surface area contributed by atoms with Gasteiger partial charge in [-0.1, -0.05) is 157 Å². The number of anilines is 6. The topological polar surface area (TPSA) is 45.9 Å². The summed E-state index contributed by atoms with van der Waals surface area (Å²) in [5, 5.41) is 10.8. The Bertz CT molecular complexity index is 4450. The smallest absolute Gasteiger partial charge is 0.159 e. The van der Waals surface area contributed by atoms with Gasteiger partial charge in [-0.05, 0) is 144 Å². The van der Waals surface area contributed by atoms with E-state index in [0.29, 0.717) is 0 Å². The van der Waals surface area contributed by atoms with Crippen LogP contribution in [0.5, 0.6) is 0 Å². The Morgan fingerprint density at radius 1 is 0.267 bits per heavy atom. The summed E-state index contributed by atoms with van der Waals surface area (Å²) in [5.41, 5.74) is 18.1. The van der Waals surface area contributed by atoms with Gasteiger partial charge >= 0.3 is 0 Å². The molecule has 0 spiro atoms. The second kappa shape index (κ2) is 16.9. The van der Waals surface area contributed by atoms with Crippen molar-refractivity contribution < 1.29 is 13.3 Å². The molecule has 0 N–H and O–H groups in total. The van der Waals surface area contributed by atoms with Crippen LogP contribution in [-0.4, -0.2) is 0 Å². The molecule has 0 aliphatic carbocycles. The molecule has 0 fully saturated rings. The number of hydrogen-bond donors (Lipinski definition) is 0. The lowest BCUT2D eigenvalue weighted by atomic mass is 9.98. The van der Waals surface area contributed by atoms with E-state index in [-0.39, 0.29) is 0 Å². The molecule has 15 rings (SSSR count). The maximum Gasteiger partial charge on any atom is 0.159 e. The largest absolute Gasteiger partial charge is 0.456 e. The average molecular weight is 963 g/mol. The van der Waals surface area contributed by atoms with E-state index in [2.05, 4.69) is 254 Å². The van der Waals surface area contributed by atoms with Gasteiger partial charge in [0.05, 0.1) is 22.7 Å². The number of fused-ring (bicyclic) bond motifs is 11. The molecule has 75 heavy (non-hydrogen) atoms. The van der Waals surface area contributed by atoms with Gasteiger partial charge in [0.1, 0.15) is 22.3 Å². The van der Waals surface area contributed by atoms with Gasteiger partial charge in [0.15, 0.2) is 11.2 Å². The number of hydrogen-bond acceptors (Lipinski definition) is 5. The summed E-state index contributed by atoms with van der Waals surface area (Å²) in [5.74, 6) is 0. The summed E-state index contributed by atoms with van der Waals surface area (Å²) in [4.78, 5) is 4.74. The Labute approximate surface area is 432 Å². The first-order valence-corrected chi connectivity index (χ1v) is 25.5. The molecule has 0 saturated heterocycles. The minimum absolute atomic E-state index is 0.840. The lowest BCUT2D eigenvalue weighted by Gasteiger charge is -2.28. The van der Waals surface area contributed by atoms with E-state index in [1.54, 1.807) is 0 Å². The van der Waals surface area contributed by atoms with Gasteiger partial charge in [0.2, 0.25) is 0 Å². The van der Waals surface area contributed by atoms with Crippen LogP contribution in [-0.2, 0) is 0 Å². The third-order valence-electron chi connectivity index (χ3n) is 15.1. The molecule has 0 bridgehead atoms. The van der Waals surface area contributed by atoms with Crippen LogP contribution >= 0.6 is 0 Å². The minimum atomic E-state index is 0.840. The maximum atomic E-state index is 6.77. The van der Waals surface area contributed by atoms with Crippen molar-refractivity contribution in [3.63, 3.8) is 0 Å². The highest BCUT2D eigenvalue weighted by atomic mass is 16.3.